The zero-order valence-electron chi connectivity index (χ0n) is 19.7. The largest absolute Gasteiger partial charge is 0.325 e. The molecule has 7 heteroatoms. The molecule has 0 amide bonds. The summed E-state index contributed by atoms with van der Waals surface area (Å²) >= 11 is 30.5. The van der Waals surface area contributed by atoms with E-state index in [-0.39, 0.29) is 0 Å². The highest BCUT2D eigenvalue weighted by molar-refractivity contribution is 7.19. The van der Waals surface area contributed by atoms with E-state index in [1.54, 1.807) is 0 Å². The molecular weight excluding hydrogens is 562 g/mol. The van der Waals surface area contributed by atoms with Crippen LogP contribution in [0, 0.1) is 0 Å². The molecule has 5 aromatic rings. The molecule has 3 N–H and O–H groups in total. The quantitative estimate of drug-likeness (QED) is 0.223. The Balaban J connectivity index is 0.000000342. The van der Waals surface area contributed by atoms with Crippen molar-refractivity contribution in [2.45, 2.75) is 0 Å². The summed E-state index contributed by atoms with van der Waals surface area (Å²) in [6.45, 7) is 0. The topological polar surface area (TPSA) is 27.6 Å². The normalized spacial score (nSPS) is 11.0. The lowest BCUT2D eigenvalue weighted by atomic mass is 9.13. The molecule has 1 nitrogen and oxygen atoms in total. The summed E-state index contributed by atoms with van der Waals surface area (Å²) in [5, 5.41) is 3.55. The Hall–Kier alpha value is -2.43. The second-order valence-electron chi connectivity index (χ2n) is 8.70. The van der Waals surface area contributed by atoms with Crippen LogP contribution in [0.2, 0.25) is 25.1 Å². The Morgan fingerprint density at radius 3 is 0.703 bits per heavy atom. The van der Waals surface area contributed by atoms with E-state index in [0.717, 1.165) is 32.6 Å². The fraction of sp³-hybridized carbons (Fsp3) is 0. The van der Waals surface area contributed by atoms with Crippen LogP contribution in [0.3, 0.4) is 0 Å². The minimum Gasteiger partial charge on any atom is -0.325 e. The van der Waals surface area contributed by atoms with Crippen LogP contribution in [0.1, 0.15) is 0 Å². The molecule has 0 fully saturated rings. The molecule has 0 bridgehead atoms. The third-order valence-corrected chi connectivity index (χ3v) is 7.65. The predicted molar refractivity (Wildman–Crippen MR) is 164 cm³/mol. The SMILES string of the molecule is Clc1ccc([B-](c2ccc(Cl)cc2)(c2ccc(Cl)cc2)c2ccc(Cl)cc2)cc1.[NH3+]c1ccc(Cl)cc1. The van der Waals surface area contributed by atoms with Gasteiger partial charge in [-0.1, -0.05) is 107 Å². The molecule has 0 atom stereocenters. The molecule has 0 saturated heterocycles. The average Bonchev–Trinajstić information content (AvgIpc) is 2.90. The average molecular weight is 586 g/mol. The second kappa shape index (κ2) is 12.4. The van der Waals surface area contributed by atoms with Crippen LogP contribution in [-0.4, -0.2) is 6.15 Å². The number of hydrogen-bond donors (Lipinski definition) is 1. The molecule has 0 unspecified atom stereocenters. The summed E-state index contributed by atoms with van der Waals surface area (Å²) in [4.78, 5) is 0. The number of benzene rings is 5. The monoisotopic (exact) mass is 583 g/mol. The molecule has 0 saturated carbocycles. The van der Waals surface area contributed by atoms with Crippen LogP contribution >= 0.6 is 58.0 Å². The highest BCUT2D eigenvalue weighted by atomic mass is 35.5. The van der Waals surface area contributed by atoms with Gasteiger partial charge in [0.2, 0.25) is 0 Å². The van der Waals surface area contributed by atoms with Crippen molar-refractivity contribution in [3.63, 3.8) is 0 Å². The lowest BCUT2D eigenvalue weighted by Crippen LogP contribution is -2.74. The van der Waals surface area contributed by atoms with Gasteiger partial charge < -0.3 is 5.73 Å². The van der Waals surface area contributed by atoms with Crippen LogP contribution in [0.4, 0.5) is 5.69 Å². The highest BCUT2D eigenvalue weighted by Crippen LogP contribution is 2.16. The van der Waals surface area contributed by atoms with Gasteiger partial charge in [-0.2, -0.15) is 21.9 Å². The van der Waals surface area contributed by atoms with E-state index in [0.29, 0.717) is 20.1 Å². The molecule has 0 spiro atoms. The van der Waals surface area contributed by atoms with E-state index in [1.165, 1.54) is 0 Å². The van der Waals surface area contributed by atoms with Gasteiger partial charge in [0.05, 0.1) is 0 Å². The number of rotatable bonds is 4. The van der Waals surface area contributed by atoms with Gasteiger partial charge in [0.15, 0.2) is 0 Å². The van der Waals surface area contributed by atoms with Crippen molar-refractivity contribution < 1.29 is 5.73 Å². The summed E-state index contributed by atoms with van der Waals surface area (Å²) in [6.07, 6.45) is -1.51. The molecule has 0 aliphatic carbocycles. The first-order valence-corrected chi connectivity index (χ1v) is 13.4. The van der Waals surface area contributed by atoms with Crippen LogP contribution in [0.25, 0.3) is 0 Å². The second-order valence-corrected chi connectivity index (χ2v) is 10.9. The van der Waals surface area contributed by atoms with E-state index in [4.69, 9.17) is 58.0 Å². The maximum Gasteiger partial charge on any atom is 0.128 e. The van der Waals surface area contributed by atoms with Crippen molar-refractivity contribution in [3.8, 4) is 0 Å². The number of halogens is 5. The number of quaternary nitrogens is 1. The third-order valence-electron chi connectivity index (χ3n) is 6.39. The van der Waals surface area contributed by atoms with Gasteiger partial charge in [-0.15, -0.1) is 0 Å². The summed E-state index contributed by atoms with van der Waals surface area (Å²) in [6, 6.07) is 39.5. The van der Waals surface area contributed by atoms with Crippen molar-refractivity contribution in [2.24, 2.45) is 0 Å². The fourth-order valence-electron chi connectivity index (χ4n) is 4.64. The summed E-state index contributed by atoms with van der Waals surface area (Å²) in [7, 11) is 0. The van der Waals surface area contributed by atoms with Gasteiger partial charge in [-0.3, -0.25) is 0 Å². The Labute approximate surface area is 242 Å². The Bertz CT molecular complexity index is 1230. The van der Waals surface area contributed by atoms with Crippen molar-refractivity contribution >= 4 is 91.7 Å². The van der Waals surface area contributed by atoms with Crippen molar-refractivity contribution in [1.82, 2.24) is 0 Å². The summed E-state index contributed by atoms with van der Waals surface area (Å²) < 4.78 is 0. The molecule has 37 heavy (non-hydrogen) atoms. The zero-order valence-corrected chi connectivity index (χ0v) is 23.5. The standard InChI is InChI=1S/C24H16BCl4.C6H6ClN/c26-21-9-1-17(2-10-21)25(18-3-11-22(27)12-4-18,19-5-13-23(28)14-6-19)20-7-15-24(29)16-8-20;7-5-1-3-6(8)4-2-5/h1-16H;1-4H,8H2/q-1;/p+1. The first-order valence-electron chi connectivity index (χ1n) is 11.6. The maximum atomic E-state index is 6.22. The Kier molecular flexibility index (Phi) is 9.26. The van der Waals surface area contributed by atoms with Crippen LogP contribution in [0.5, 0.6) is 0 Å². The minimum atomic E-state index is -1.51. The summed E-state index contributed by atoms with van der Waals surface area (Å²) in [5.74, 6) is 0. The first kappa shape index (κ1) is 27.6. The minimum absolute atomic E-state index is 0.696. The van der Waals surface area contributed by atoms with Gasteiger partial charge in [0.25, 0.3) is 0 Å². The molecule has 0 aliphatic heterocycles. The molecule has 186 valence electrons. The molecule has 5 rings (SSSR count). The van der Waals surface area contributed by atoms with Gasteiger partial charge >= 0.3 is 0 Å². The highest BCUT2D eigenvalue weighted by Gasteiger charge is 2.31. The van der Waals surface area contributed by atoms with Crippen LogP contribution in [-0.2, 0) is 0 Å². The number of hydrogen-bond acceptors (Lipinski definition) is 0. The smallest absolute Gasteiger partial charge is 0.128 e. The molecule has 5 aromatic carbocycles. The summed E-state index contributed by atoms with van der Waals surface area (Å²) in [5.41, 5.74) is 9.26. The Morgan fingerprint density at radius 2 is 0.514 bits per heavy atom. The van der Waals surface area contributed by atoms with Gasteiger partial charge in [-0.25, -0.2) is 0 Å². The lowest BCUT2D eigenvalue weighted by molar-refractivity contribution is -0.254. The van der Waals surface area contributed by atoms with E-state index in [2.05, 4.69) is 54.3 Å². The third kappa shape index (κ3) is 6.53. The van der Waals surface area contributed by atoms with Crippen molar-refractivity contribution in [3.05, 3.63) is 146 Å². The van der Waals surface area contributed by atoms with E-state index in [1.807, 2.05) is 72.8 Å². The molecule has 0 radical (unpaired) electrons. The van der Waals surface area contributed by atoms with E-state index < -0.39 is 6.15 Å². The lowest BCUT2D eigenvalue weighted by Gasteiger charge is -2.44. The molecule has 0 heterocycles. The van der Waals surface area contributed by atoms with Crippen LogP contribution < -0.4 is 27.6 Å². The predicted octanol–water partition coefficient (Wildman–Crippen LogP) is 6.89. The van der Waals surface area contributed by atoms with Crippen molar-refractivity contribution in [1.29, 1.82) is 0 Å². The fourth-order valence-corrected chi connectivity index (χ4v) is 5.27. The first-order chi connectivity index (χ1) is 17.8. The van der Waals surface area contributed by atoms with Gasteiger partial charge in [0, 0.05) is 37.2 Å². The van der Waals surface area contributed by atoms with E-state index in [9.17, 15) is 0 Å². The molecule has 0 aromatic heterocycles. The van der Waals surface area contributed by atoms with Crippen molar-refractivity contribution in [2.75, 3.05) is 0 Å². The molecule has 0 aliphatic rings. The molecular formula is C30H23BCl5N. The maximum absolute atomic E-state index is 6.22. The zero-order chi connectivity index (χ0) is 26.4. The Morgan fingerprint density at radius 1 is 0.324 bits per heavy atom. The van der Waals surface area contributed by atoms with Gasteiger partial charge in [-0.05, 0) is 60.7 Å². The van der Waals surface area contributed by atoms with E-state index >= 15 is 0 Å². The van der Waals surface area contributed by atoms with Gasteiger partial charge in [0.1, 0.15) is 11.8 Å². The van der Waals surface area contributed by atoms with Crippen LogP contribution in [0.15, 0.2) is 121 Å².